The number of hydrogen-bond donors (Lipinski definition) is 1. The van der Waals surface area contributed by atoms with Crippen molar-refractivity contribution in [2.75, 3.05) is 6.61 Å². The maximum atomic E-state index is 11.3. The van der Waals surface area contributed by atoms with Crippen LogP contribution in [0.15, 0.2) is 11.6 Å². The first-order valence-corrected chi connectivity index (χ1v) is 6.26. The highest BCUT2D eigenvalue weighted by atomic mass is 16.5. The van der Waals surface area contributed by atoms with Gasteiger partial charge in [-0.3, -0.25) is 0 Å². The van der Waals surface area contributed by atoms with Crippen molar-refractivity contribution >= 4 is 5.97 Å². The molecule has 0 aromatic carbocycles. The molecule has 0 aromatic heterocycles. The zero-order chi connectivity index (χ0) is 11.8. The van der Waals surface area contributed by atoms with Gasteiger partial charge in [-0.15, -0.1) is 0 Å². The molecule has 1 aliphatic carbocycles. The molecule has 1 rings (SSSR count). The minimum atomic E-state index is -0.981. The zero-order valence-electron chi connectivity index (χ0n) is 10.1. The average Bonchev–Trinajstić information content (AvgIpc) is 2.22. The molecule has 0 unspecified atom stereocenters. The summed E-state index contributed by atoms with van der Waals surface area (Å²) in [6.45, 7) is 2.08. The number of carbonyl (C=O) groups is 1. The van der Waals surface area contributed by atoms with Crippen molar-refractivity contribution in [1.29, 1.82) is 0 Å². The van der Waals surface area contributed by atoms with Gasteiger partial charge >= 0.3 is 5.97 Å². The van der Waals surface area contributed by atoms with E-state index in [9.17, 15) is 9.90 Å². The van der Waals surface area contributed by atoms with Crippen molar-refractivity contribution in [3.05, 3.63) is 11.6 Å². The van der Waals surface area contributed by atoms with Gasteiger partial charge in [-0.1, -0.05) is 24.5 Å². The summed E-state index contributed by atoms with van der Waals surface area (Å²) in [5.41, 5.74) is 1.21. The van der Waals surface area contributed by atoms with E-state index >= 15 is 0 Å². The highest BCUT2D eigenvalue weighted by Crippen LogP contribution is 2.20. The SMILES string of the molecule is CCOC(=O)[C@@H](O)C/C1=C/CCCCCC1. The van der Waals surface area contributed by atoms with Crippen molar-refractivity contribution in [1.82, 2.24) is 0 Å². The van der Waals surface area contributed by atoms with Gasteiger partial charge < -0.3 is 9.84 Å². The molecule has 92 valence electrons. The number of aliphatic hydroxyl groups is 1. The number of ether oxygens (including phenoxy) is 1. The third kappa shape index (κ3) is 4.79. The summed E-state index contributed by atoms with van der Waals surface area (Å²) in [7, 11) is 0. The second kappa shape index (κ2) is 7.44. The Morgan fingerprint density at radius 2 is 2.19 bits per heavy atom. The van der Waals surface area contributed by atoms with Gasteiger partial charge in [0.2, 0.25) is 0 Å². The smallest absolute Gasteiger partial charge is 0.335 e. The van der Waals surface area contributed by atoms with Crippen molar-refractivity contribution in [2.45, 2.75) is 58.0 Å². The molecule has 1 N–H and O–H groups in total. The van der Waals surface area contributed by atoms with Gasteiger partial charge in [0.15, 0.2) is 6.10 Å². The lowest BCUT2D eigenvalue weighted by Crippen LogP contribution is -2.23. The fourth-order valence-electron chi connectivity index (χ4n) is 2.01. The van der Waals surface area contributed by atoms with E-state index in [1.165, 1.54) is 31.3 Å². The van der Waals surface area contributed by atoms with Crippen LogP contribution in [0, 0.1) is 0 Å². The van der Waals surface area contributed by atoms with Gasteiger partial charge in [-0.25, -0.2) is 4.79 Å². The molecule has 0 saturated carbocycles. The molecular weight excluding hydrogens is 204 g/mol. The van der Waals surface area contributed by atoms with E-state index in [2.05, 4.69) is 6.08 Å². The molecule has 1 atom stereocenters. The lowest BCUT2D eigenvalue weighted by atomic mass is 9.96. The van der Waals surface area contributed by atoms with E-state index in [0.717, 1.165) is 12.8 Å². The van der Waals surface area contributed by atoms with Gasteiger partial charge in [0.05, 0.1) is 6.61 Å². The molecular formula is C13H22O3. The Balaban J connectivity index is 2.41. The molecule has 0 saturated heterocycles. The number of rotatable bonds is 4. The summed E-state index contributed by atoms with van der Waals surface area (Å²) >= 11 is 0. The predicted molar refractivity (Wildman–Crippen MR) is 63.0 cm³/mol. The summed E-state index contributed by atoms with van der Waals surface area (Å²) in [5.74, 6) is -0.495. The average molecular weight is 226 g/mol. The highest BCUT2D eigenvalue weighted by molar-refractivity contribution is 5.74. The van der Waals surface area contributed by atoms with E-state index in [1.54, 1.807) is 6.92 Å². The lowest BCUT2D eigenvalue weighted by molar-refractivity contribution is -0.152. The number of carbonyl (C=O) groups excluding carboxylic acids is 1. The fourth-order valence-corrected chi connectivity index (χ4v) is 2.01. The molecule has 0 aromatic rings. The molecule has 3 heteroatoms. The van der Waals surface area contributed by atoms with E-state index < -0.39 is 12.1 Å². The van der Waals surface area contributed by atoms with Crippen LogP contribution in [0.25, 0.3) is 0 Å². The Kier molecular flexibility index (Phi) is 6.16. The predicted octanol–water partition coefficient (Wildman–Crippen LogP) is 2.58. The van der Waals surface area contributed by atoms with Crippen molar-refractivity contribution in [2.24, 2.45) is 0 Å². The van der Waals surface area contributed by atoms with Crippen molar-refractivity contribution in [3.63, 3.8) is 0 Å². The summed E-state index contributed by atoms with van der Waals surface area (Å²) < 4.78 is 4.78. The maximum Gasteiger partial charge on any atom is 0.335 e. The van der Waals surface area contributed by atoms with Crippen LogP contribution < -0.4 is 0 Å². The zero-order valence-corrected chi connectivity index (χ0v) is 10.1. The van der Waals surface area contributed by atoms with E-state index in [1.807, 2.05) is 0 Å². The third-order valence-electron chi connectivity index (χ3n) is 2.90. The molecule has 0 amide bonds. The Morgan fingerprint density at radius 3 is 2.94 bits per heavy atom. The molecule has 0 spiro atoms. The molecule has 0 bridgehead atoms. The Labute approximate surface area is 97.5 Å². The largest absolute Gasteiger partial charge is 0.464 e. The number of hydrogen-bond acceptors (Lipinski definition) is 3. The number of allylic oxidation sites excluding steroid dienone is 1. The van der Waals surface area contributed by atoms with Gasteiger partial charge in [0.1, 0.15) is 0 Å². The first-order valence-electron chi connectivity index (χ1n) is 6.26. The molecule has 0 fully saturated rings. The number of esters is 1. The molecule has 0 aliphatic heterocycles. The van der Waals surface area contributed by atoms with Crippen LogP contribution in [-0.4, -0.2) is 23.8 Å². The summed E-state index contributed by atoms with van der Waals surface area (Å²) in [4.78, 5) is 11.3. The van der Waals surface area contributed by atoms with Crippen LogP contribution in [0.3, 0.4) is 0 Å². The first-order chi connectivity index (χ1) is 7.74. The van der Waals surface area contributed by atoms with Gasteiger partial charge in [-0.05, 0) is 32.6 Å². The summed E-state index contributed by atoms with van der Waals surface area (Å²) in [6.07, 6.45) is 8.67. The van der Waals surface area contributed by atoms with Crippen LogP contribution in [0.4, 0.5) is 0 Å². The van der Waals surface area contributed by atoms with Crippen LogP contribution in [0.5, 0.6) is 0 Å². The second-order valence-corrected chi connectivity index (χ2v) is 4.29. The molecule has 1 aliphatic rings. The Bertz CT molecular complexity index is 246. The lowest BCUT2D eigenvalue weighted by Gasteiger charge is -2.14. The van der Waals surface area contributed by atoms with E-state index in [0.29, 0.717) is 13.0 Å². The Hall–Kier alpha value is -0.830. The van der Waals surface area contributed by atoms with Gasteiger partial charge in [0, 0.05) is 6.42 Å². The third-order valence-corrected chi connectivity index (χ3v) is 2.90. The summed E-state index contributed by atoms with van der Waals surface area (Å²) in [6, 6.07) is 0. The van der Waals surface area contributed by atoms with Crippen LogP contribution >= 0.6 is 0 Å². The molecule has 0 radical (unpaired) electrons. The standard InChI is InChI=1S/C13H22O3/c1-2-16-13(15)12(14)10-11-8-6-4-3-5-7-9-11/h8,12,14H,2-7,9-10H2,1H3/b11-8+/t12-/m0/s1. The monoisotopic (exact) mass is 226 g/mol. The minimum Gasteiger partial charge on any atom is -0.464 e. The molecule has 0 heterocycles. The fraction of sp³-hybridized carbons (Fsp3) is 0.769. The van der Waals surface area contributed by atoms with Gasteiger partial charge in [-0.2, -0.15) is 0 Å². The van der Waals surface area contributed by atoms with Crippen molar-refractivity contribution in [3.8, 4) is 0 Å². The molecule has 16 heavy (non-hydrogen) atoms. The van der Waals surface area contributed by atoms with Crippen LogP contribution in [0.1, 0.15) is 51.9 Å². The summed E-state index contributed by atoms with van der Waals surface area (Å²) in [5, 5.41) is 9.65. The number of aliphatic hydroxyl groups excluding tert-OH is 1. The van der Waals surface area contributed by atoms with Crippen molar-refractivity contribution < 1.29 is 14.6 Å². The minimum absolute atomic E-state index is 0.328. The normalized spacial score (nSPS) is 22.5. The first kappa shape index (κ1) is 13.2. The highest BCUT2D eigenvalue weighted by Gasteiger charge is 2.17. The van der Waals surface area contributed by atoms with Crippen LogP contribution in [0.2, 0.25) is 0 Å². The maximum absolute atomic E-state index is 11.3. The topological polar surface area (TPSA) is 46.5 Å². The molecule has 3 nitrogen and oxygen atoms in total. The Morgan fingerprint density at radius 1 is 1.44 bits per heavy atom. The van der Waals surface area contributed by atoms with E-state index in [4.69, 9.17) is 4.74 Å². The van der Waals surface area contributed by atoms with E-state index in [-0.39, 0.29) is 0 Å². The quantitative estimate of drug-likeness (QED) is 0.592. The second-order valence-electron chi connectivity index (χ2n) is 4.29. The van der Waals surface area contributed by atoms with Gasteiger partial charge in [0.25, 0.3) is 0 Å². The van der Waals surface area contributed by atoms with Crippen LogP contribution in [-0.2, 0) is 9.53 Å².